The largest absolute Gasteiger partial charge is 0.382 e. The highest BCUT2D eigenvalue weighted by atomic mass is 79.9. The van der Waals surface area contributed by atoms with Crippen molar-refractivity contribution in [1.29, 1.82) is 0 Å². The van der Waals surface area contributed by atoms with Crippen LogP contribution in [-0.4, -0.2) is 19.1 Å². The minimum atomic E-state index is 0.600. The van der Waals surface area contributed by atoms with Gasteiger partial charge < -0.3 is 10.6 Å². The number of anilines is 1. The summed E-state index contributed by atoms with van der Waals surface area (Å²) < 4.78 is 1.13. The van der Waals surface area contributed by atoms with Gasteiger partial charge >= 0.3 is 0 Å². The molecule has 2 N–H and O–H groups in total. The molecule has 0 aromatic heterocycles. The number of hydrogen-bond donors (Lipinski definition) is 2. The van der Waals surface area contributed by atoms with Crippen LogP contribution in [0.2, 0.25) is 0 Å². The fourth-order valence-corrected chi connectivity index (χ4v) is 3.08. The summed E-state index contributed by atoms with van der Waals surface area (Å²) in [6.07, 6.45) is 3.72. The Labute approximate surface area is 122 Å². The molecule has 1 aliphatic heterocycles. The Morgan fingerprint density at radius 2 is 1.84 bits per heavy atom. The third kappa shape index (κ3) is 3.28. The smallest absolute Gasteiger partial charge is 0.0348 e. The highest BCUT2D eigenvalue weighted by molar-refractivity contribution is 9.10. The zero-order valence-electron chi connectivity index (χ0n) is 11.0. The summed E-state index contributed by atoms with van der Waals surface area (Å²) in [4.78, 5) is 0. The molecule has 0 spiro atoms. The zero-order chi connectivity index (χ0) is 13.1. The summed E-state index contributed by atoms with van der Waals surface area (Å²) in [7, 11) is 0. The summed E-state index contributed by atoms with van der Waals surface area (Å²) in [5.41, 5.74) is 1.24. The highest BCUT2D eigenvalue weighted by Crippen LogP contribution is 2.24. The molecule has 1 atom stereocenters. The molecule has 2 aromatic rings. The lowest BCUT2D eigenvalue weighted by Crippen LogP contribution is -2.21. The van der Waals surface area contributed by atoms with Gasteiger partial charge in [-0.25, -0.2) is 0 Å². The van der Waals surface area contributed by atoms with E-state index in [-0.39, 0.29) is 0 Å². The molecule has 1 heterocycles. The minimum Gasteiger partial charge on any atom is -0.382 e. The third-order valence-electron chi connectivity index (χ3n) is 3.75. The van der Waals surface area contributed by atoms with Gasteiger partial charge in [-0.1, -0.05) is 28.1 Å². The molecular weight excluding hydrogens is 300 g/mol. The van der Waals surface area contributed by atoms with Gasteiger partial charge in [0.25, 0.3) is 0 Å². The topological polar surface area (TPSA) is 24.1 Å². The molecule has 3 rings (SSSR count). The van der Waals surface area contributed by atoms with Crippen molar-refractivity contribution in [2.45, 2.75) is 25.3 Å². The second-order valence-corrected chi connectivity index (χ2v) is 6.14. The quantitative estimate of drug-likeness (QED) is 0.869. The molecule has 19 heavy (non-hydrogen) atoms. The molecule has 2 aromatic carbocycles. The monoisotopic (exact) mass is 318 g/mol. The molecule has 0 aliphatic carbocycles. The third-order valence-corrected chi connectivity index (χ3v) is 4.24. The van der Waals surface area contributed by atoms with E-state index in [1.165, 1.54) is 35.7 Å². The van der Waals surface area contributed by atoms with Crippen molar-refractivity contribution in [3.63, 3.8) is 0 Å². The lowest BCUT2D eigenvalue weighted by molar-refractivity contribution is 0.638. The molecule has 1 aliphatic rings. The van der Waals surface area contributed by atoms with Crippen LogP contribution in [0.3, 0.4) is 0 Å². The average molecular weight is 319 g/mol. The van der Waals surface area contributed by atoms with E-state index < -0.39 is 0 Å². The van der Waals surface area contributed by atoms with E-state index in [2.05, 4.69) is 63.0 Å². The van der Waals surface area contributed by atoms with Gasteiger partial charge in [-0.2, -0.15) is 0 Å². The van der Waals surface area contributed by atoms with Crippen molar-refractivity contribution in [3.8, 4) is 0 Å². The van der Waals surface area contributed by atoms with Gasteiger partial charge in [0, 0.05) is 16.2 Å². The van der Waals surface area contributed by atoms with Crippen molar-refractivity contribution in [2.24, 2.45) is 0 Å². The molecular formula is C16H19BrN2. The van der Waals surface area contributed by atoms with Crippen LogP contribution in [0.1, 0.15) is 19.3 Å². The molecule has 1 fully saturated rings. The standard InChI is InChI=1S/C16H19BrN2/c17-14-5-3-13-11-16(6-4-12(13)10-14)19-15-2-1-8-18-9-7-15/h3-6,10-11,15,18-19H,1-2,7-9H2. The van der Waals surface area contributed by atoms with E-state index in [9.17, 15) is 0 Å². The predicted octanol–water partition coefficient (Wildman–Crippen LogP) is 4.16. The number of nitrogens with one attached hydrogen (secondary N) is 2. The van der Waals surface area contributed by atoms with Crippen molar-refractivity contribution in [1.82, 2.24) is 5.32 Å². The molecule has 1 unspecified atom stereocenters. The maximum atomic E-state index is 3.68. The van der Waals surface area contributed by atoms with E-state index >= 15 is 0 Å². The Kier molecular flexibility index (Phi) is 4.04. The van der Waals surface area contributed by atoms with Gasteiger partial charge in [0.1, 0.15) is 0 Å². The van der Waals surface area contributed by atoms with Crippen LogP contribution < -0.4 is 10.6 Å². The number of fused-ring (bicyclic) bond motifs is 1. The van der Waals surface area contributed by atoms with Crippen molar-refractivity contribution >= 4 is 32.4 Å². The Hall–Kier alpha value is -1.06. The van der Waals surface area contributed by atoms with Gasteiger partial charge in [-0.3, -0.25) is 0 Å². The van der Waals surface area contributed by atoms with Gasteiger partial charge in [0.15, 0.2) is 0 Å². The first-order valence-electron chi connectivity index (χ1n) is 6.98. The van der Waals surface area contributed by atoms with E-state index in [1.807, 2.05) is 0 Å². The first-order valence-corrected chi connectivity index (χ1v) is 7.77. The average Bonchev–Trinajstić information content (AvgIpc) is 2.68. The molecule has 0 bridgehead atoms. The Morgan fingerprint density at radius 3 is 2.79 bits per heavy atom. The molecule has 100 valence electrons. The molecule has 0 amide bonds. The Morgan fingerprint density at radius 1 is 1.00 bits per heavy atom. The van der Waals surface area contributed by atoms with Crippen molar-refractivity contribution in [2.75, 3.05) is 18.4 Å². The molecule has 0 saturated carbocycles. The summed E-state index contributed by atoms with van der Waals surface area (Å²) in [6, 6.07) is 13.7. The molecule has 0 radical (unpaired) electrons. The van der Waals surface area contributed by atoms with E-state index in [0.29, 0.717) is 6.04 Å². The van der Waals surface area contributed by atoms with Crippen LogP contribution in [0.25, 0.3) is 10.8 Å². The molecule has 1 saturated heterocycles. The lowest BCUT2D eigenvalue weighted by atomic mass is 10.1. The van der Waals surface area contributed by atoms with E-state index in [4.69, 9.17) is 0 Å². The highest BCUT2D eigenvalue weighted by Gasteiger charge is 2.11. The van der Waals surface area contributed by atoms with Crippen LogP contribution in [0, 0.1) is 0 Å². The fraction of sp³-hybridized carbons (Fsp3) is 0.375. The van der Waals surface area contributed by atoms with E-state index in [1.54, 1.807) is 0 Å². The summed E-state index contributed by atoms with van der Waals surface area (Å²) in [5.74, 6) is 0. The minimum absolute atomic E-state index is 0.600. The van der Waals surface area contributed by atoms with Crippen LogP contribution in [-0.2, 0) is 0 Å². The Balaban J connectivity index is 1.78. The Bertz CT molecular complexity index is 560. The normalized spacial score (nSPS) is 20.2. The number of benzene rings is 2. The predicted molar refractivity (Wildman–Crippen MR) is 85.8 cm³/mol. The van der Waals surface area contributed by atoms with Crippen molar-refractivity contribution in [3.05, 3.63) is 40.9 Å². The number of hydrogen-bond acceptors (Lipinski definition) is 2. The molecule has 3 heteroatoms. The van der Waals surface area contributed by atoms with Gasteiger partial charge in [-0.05, 0) is 67.4 Å². The molecule has 2 nitrogen and oxygen atoms in total. The zero-order valence-corrected chi connectivity index (χ0v) is 12.5. The maximum absolute atomic E-state index is 3.68. The number of rotatable bonds is 2. The first-order chi connectivity index (χ1) is 9.31. The van der Waals surface area contributed by atoms with Gasteiger partial charge in [-0.15, -0.1) is 0 Å². The van der Waals surface area contributed by atoms with Crippen LogP contribution in [0.4, 0.5) is 5.69 Å². The SMILES string of the molecule is Brc1ccc2cc(NC3CCCNCC3)ccc2c1. The van der Waals surface area contributed by atoms with E-state index in [0.717, 1.165) is 17.6 Å². The van der Waals surface area contributed by atoms with Gasteiger partial charge in [0.05, 0.1) is 0 Å². The first kappa shape index (κ1) is 12.9. The van der Waals surface area contributed by atoms with Crippen LogP contribution in [0.5, 0.6) is 0 Å². The summed E-state index contributed by atoms with van der Waals surface area (Å²) in [5, 5.41) is 9.70. The fourth-order valence-electron chi connectivity index (χ4n) is 2.71. The second kappa shape index (κ2) is 5.93. The lowest BCUT2D eigenvalue weighted by Gasteiger charge is -2.17. The second-order valence-electron chi connectivity index (χ2n) is 5.23. The summed E-state index contributed by atoms with van der Waals surface area (Å²) >= 11 is 3.52. The van der Waals surface area contributed by atoms with Crippen molar-refractivity contribution < 1.29 is 0 Å². The summed E-state index contributed by atoms with van der Waals surface area (Å²) in [6.45, 7) is 2.28. The van der Waals surface area contributed by atoms with Gasteiger partial charge in [0.2, 0.25) is 0 Å². The van der Waals surface area contributed by atoms with Crippen LogP contribution >= 0.6 is 15.9 Å². The number of halogens is 1. The maximum Gasteiger partial charge on any atom is 0.0348 e. The van der Waals surface area contributed by atoms with Crippen LogP contribution in [0.15, 0.2) is 40.9 Å².